The molecule has 0 fully saturated rings. The summed E-state index contributed by atoms with van der Waals surface area (Å²) in [5, 5.41) is 3.79. The Balaban J connectivity index is 1.56. The molecular weight excluding hydrogens is 371 g/mol. The van der Waals surface area contributed by atoms with Crippen molar-refractivity contribution in [2.45, 2.75) is 19.4 Å². The average molecular weight is 388 g/mol. The lowest BCUT2D eigenvalue weighted by molar-refractivity contribution is -0.145. The lowest BCUT2D eigenvalue weighted by Crippen LogP contribution is -2.38. The Morgan fingerprint density at radius 1 is 1.18 bits per heavy atom. The van der Waals surface area contributed by atoms with E-state index in [1.165, 1.54) is 49.0 Å². The smallest absolute Gasteiger partial charge is 0.330 e. The summed E-state index contributed by atoms with van der Waals surface area (Å²) in [6.07, 6.45) is 0.131. The number of aryl methyl sites for hydroxylation is 1. The Morgan fingerprint density at radius 2 is 1.89 bits per heavy atom. The van der Waals surface area contributed by atoms with Gasteiger partial charge in [-0.15, -0.1) is 0 Å². The first-order valence-electron chi connectivity index (χ1n) is 8.35. The van der Waals surface area contributed by atoms with Crippen LogP contribution in [0.5, 0.6) is 0 Å². The van der Waals surface area contributed by atoms with Gasteiger partial charge < -0.3 is 9.26 Å². The number of halogens is 1. The van der Waals surface area contributed by atoms with Crippen molar-refractivity contribution in [1.82, 2.24) is 19.3 Å². The zero-order valence-corrected chi connectivity index (χ0v) is 15.2. The molecule has 0 aliphatic rings. The fourth-order valence-corrected chi connectivity index (χ4v) is 2.43. The molecule has 0 saturated carbocycles. The van der Waals surface area contributed by atoms with Crippen LogP contribution in [-0.2, 0) is 36.7 Å². The number of aromatic nitrogens is 4. The van der Waals surface area contributed by atoms with Crippen molar-refractivity contribution >= 4 is 5.97 Å². The van der Waals surface area contributed by atoms with Gasteiger partial charge in [0.15, 0.2) is 0 Å². The summed E-state index contributed by atoms with van der Waals surface area (Å²) in [7, 11) is 2.85. The van der Waals surface area contributed by atoms with Gasteiger partial charge in [-0.1, -0.05) is 5.16 Å². The molecule has 0 aliphatic heterocycles. The van der Waals surface area contributed by atoms with Gasteiger partial charge in [-0.2, -0.15) is 4.98 Å². The van der Waals surface area contributed by atoms with Crippen molar-refractivity contribution in [2.24, 2.45) is 14.1 Å². The van der Waals surface area contributed by atoms with Crippen molar-refractivity contribution in [1.29, 1.82) is 0 Å². The van der Waals surface area contributed by atoms with Gasteiger partial charge in [-0.3, -0.25) is 18.7 Å². The Kier molecular flexibility index (Phi) is 5.48. The predicted molar refractivity (Wildman–Crippen MR) is 94.7 cm³/mol. The van der Waals surface area contributed by atoms with Crippen LogP contribution in [0.25, 0.3) is 11.4 Å². The Labute approximate surface area is 158 Å². The highest BCUT2D eigenvalue weighted by Crippen LogP contribution is 2.16. The van der Waals surface area contributed by atoms with Gasteiger partial charge in [0.25, 0.3) is 5.56 Å². The summed E-state index contributed by atoms with van der Waals surface area (Å²) in [6.45, 7) is -0.203. The molecule has 0 radical (unpaired) electrons. The fraction of sp³-hybridized carbons (Fsp3) is 0.278. The van der Waals surface area contributed by atoms with Crippen LogP contribution < -0.4 is 11.2 Å². The molecule has 0 aliphatic carbocycles. The molecule has 0 unspecified atom stereocenters. The minimum absolute atomic E-state index is 0.0240. The van der Waals surface area contributed by atoms with Crippen LogP contribution in [0.15, 0.2) is 44.4 Å². The van der Waals surface area contributed by atoms with Crippen LogP contribution in [0.3, 0.4) is 0 Å². The first kappa shape index (κ1) is 19.2. The highest BCUT2D eigenvalue weighted by molar-refractivity contribution is 5.69. The quantitative estimate of drug-likeness (QED) is 0.578. The van der Waals surface area contributed by atoms with E-state index in [4.69, 9.17) is 9.26 Å². The highest BCUT2D eigenvalue weighted by Gasteiger charge is 2.13. The van der Waals surface area contributed by atoms with Crippen molar-refractivity contribution in [3.63, 3.8) is 0 Å². The second-order valence-corrected chi connectivity index (χ2v) is 6.05. The molecule has 1 aromatic carbocycles. The number of benzene rings is 1. The molecule has 3 rings (SSSR count). The standard InChI is InChI=1S/C18H17FN4O5/c1-22-13(9-15(24)23(2)18(22)26)10-27-16(25)8-7-14-20-17(21-28-14)11-3-5-12(19)6-4-11/h3-6,9H,7-8,10H2,1-2H3. The van der Waals surface area contributed by atoms with Crippen LogP contribution >= 0.6 is 0 Å². The van der Waals surface area contributed by atoms with Crippen LogP contribution in [-0.4, -0.2) is 25.2 Å². The highest BCUT2D eigenvalue weighted by atomic mass is 19.1. The van der Waals surface area contributed by atoms with Crippen LogP contribution in [0.4, 0.5) is 4.39 Å². The maximum absolute atomic E-state index is 12.9. The molecule has 0 bridgehead atoms. The second-order valence-electron chi connectivity index (χ2n) is 6.05. The fourth-order valence-electron chi connectivity index (χ4n) is 2.43. The topological polar surface area (TPSA) is 109 Å². The van der Waals surface area contributed by atoms with Crippen LogP contribution in [0, 0.1) is 5.82 Å². The number of nitrogens with zero attached hydrogens (tertiary/aromatic N) is 4. The summed E-state index contributed by atoms with van der Waals surface area (Å²) in [6, 6.07) is 6.85. The Morgan fingerprint density at radius 3 is 2.61 bits per heavy atom. The van der Waals surface area contributed by atoms with E-state index in [9.17, 15) is 18.8 Å². The number of carbonyl (C=O) groups is 1. The summed E-state index contributed by atoms with van der Waals surface area (Å²) in [5.74, 6) is -0.394. The van der Waals surface area contributed by atoms with Gasteiger partial charge >= 0.3 is 11.7 Å². The summed E-state index contributed by atoms with van der Waals surface area (Å²) < 4.78 is 25.3. The summed E-state index contributed by atoms with van der Waals surface area (Å²) in [5.41, 5.74) is -0.102. The minimum Gasteiger partial charge on any atom is -0.459 e. The zero-order chi connectivity index (χ0) is 20.3. The van der Waals surface area contributed by atoms with E-state index >= 15 is 0 Å². The minimum atomic E-state index is -0.547. The predicted octanol–water partition coefficient (Wildman–Crippen LogP) is 0.949. The van der Waals surface area contributed by atoms with E-state index in [0.29, 0.717) is 11.4 Å². The number of esters is 1. The van der Waals surface area contributed by atoms with Gasteiger partial charge in [-0.25, -0.2) is 9.18 Å². The number of hydrogen-bond acceptors (Lipinski definition) is 7. The first-order chi connectivity index (χ1) is 13.3. The Bertz CT molecular complexity index is 1110. The van der Waals surface area contributed by atoms with E-state index in [1.807, 2.05) is 0 Å². The molecule has 0 atom stereocenters. The van der Waals surface area contributed by atoms with Crippen molar-refractivity contribution in [3.05, 3.63) is 68.6 Å². The molecule has 0 saturated heterocycles. The molecule has 3 aromatic rings. The monoisotopic (exact) mass is 388 g/mol. The largest absolute Gasteiger partial charge is 0.459 e. The Hall–Kier alpha value is -3.56. The molecule has 9 nitrogen and oxygen atoms in total. The third kappa shape index (κ3) is 4.22. The maximum atomic E-state index is 12.9. The molecule has 2 heterocycles. The molecule has 146 valence electrons. The van der Waals surface area contributed by atoms with Gasteiger partial charge in [0.2, 0.25) is 11.7 Å². The molecular formula is C18H17FN4O5. The lowest BCUT2D eigenvalue weighted by Gasteiger charge is -2.09. The second kappa shape index (κ2) is 7.99. The van der Waals surface area contributed by atoms with Gasteiger partial charge in [0.05, 0.1) is 12.1 Å². The summed E-state index contributed by atoms with van der Waals surface area (Å²) >= 11 is 0. The van der Waals surface area contributed by atoms with Crippen LogP contribution in [0.1, 0.15) is 18.0 Å². The lowest BCUT2D eigenvalue weighted by atomic mass is 10.2. The van der Waals surface area contributed by atoms with E-state index < -0.39 is 17.2 Å². The van der Waals surface area contributed by atoms with Crippen LogP contribution in [0.2, 0.25) is 0 Å². The maximum Gasteiger partial charge on any atom is 0.330 e. The third-order valence-corrected chi connectivity index (χ3v) is 4.12. The number of carbonyl (C=O) groups excluding carboxylic acids is 1. The van der Waals surface area contributed by atoms with Crippen molar-refractivity contribution < 1.29 is 18.4 Å². The van der Waals surface area contributed by atoms with Gasteiger partial charge in [0.1, 0.15) is 12.4 Å². The van der Waals surface area contributed by atoms with E-state index in [0.717, 1.165) is 4.57 Å². The van der Waals surface area contributed by atoms with E-state index in [2.05, 4.69) is 10.1 Å². The molecule has 0 N–H and O–H groups in total. The molecule has 0 spiro atoms. The molecule has 2 aromatic heterocycles. The summed E-state index contributed by atoms with van der Waals surface area (Å²) in [4.78, 5) is 39.6. The first-order valence-corrected chi connectivity index (χ1v) is 8.35. The van der Waals surface area contributed by atoms with E-state index in [1.54, 1.807) is 0 Å². The van der Waals surface area contributed by atoms with Gasteiger partial charge in [0, 0.05) is 32.1 Å². The molecule has 10 heteroatoms. The number of hydrogen-bond donors (Lipinski definition) is 0. The van der Waals surface area contributed by atoms with Gasteiger partial charge in [-0.05, 0) is 24.3 Å². The normalized spacial score (nSPS) is 10.8. The van der Waals surface area contributed by atoms with Crippen molar-refractivity contribution in [3.8, 4) is 11.4 Å². The van der Waals surface area contributed by atoms with Crippen molar-refractivity contribution in [2.75, 3.05) is 0 Å². The number of ether oxygens (including phenoxy) is 1. The third-order valence-electron chi connectivity index (χ3n) is 4.12. The average Bonchev–Trinajstić information content (AvgIpc) is 3.16. The molecule has 0 amide bonds. The van der Waals surface area contributed by atoms with E-state index in [-0.39, 0.29) is 36.9 Å². The number of rotatable bonds is 6. The zero-order valence-electron chi connectivity index (χ0n) is 15.2. The molecule has 28 heavy (non-hydrogen) atoms. The SMILES string of the molecule is Cn1c(COC(=O)CCc2nc(-c3ccc(F)cc3)no2)cc(=O)n(C)c1=O.